The van der Waals surface area contributed by atoms with Crippen molar-refractivity contribution >= 4 is 17.4 Å². The maximum atomic E-state index is 12.9. The average Bonchev–Trinajstić information content (AvgIpc) is 2.76. The predicted octanol–water partition coefficient (Wildman–Crippen LogP) is 2.93. The molecule has 0 atom stereocenters. The molecule has 0 N–H and O–H groups in total. The molecule has 0 aliphatic carbocycles. The van der Waals surface area contributed by atoms with E-state index in [0.29, 0.717) is 12.4 Å². The minimum Gasteiger partial charge on any atom is -0.328 e. The van der Waals surface area contributed by atoms with Crippen LogP contribution in [0.5, 0.6) is 0 Å². The lowest BCUT2D eigenvalue weighted by molar-refractivity contribution is 0.102. The predicted molar refractivity (Wildman–Crippen MR) is 62.7 cm³/mol. The molecule has 17 heavy (non-hydrogen) atoms. The van der Waals surface area contributed by atoms with Crippen LogP contribution in [0, 0.1) is 5.82 Å². The summed E-state index contributed by atoms with van der Waals surface area (Å²) < 4.78 is 14.6. The number of hydrogen-bond donors (Lipinski definition) is 0. The standard InChI is InChI=1S/C12H10ClFN2O/c1-2-16-6-5-15-12(16)11(17)9-4-3-8(14)7-10(9)13/h3-7H,2H2,1H3. The van der Waals surface area contributed by atoms with Crippen molar-refractivity contribution in [2.45, 2.75) is 13.5 Å². The highest BCUT2D eigenvalue weighted by molar-refractivity contribution is 6.34. The van der Waals surface area contributed by atoms with Crippen molar-refractivity contribution < 1.29 is 9.18 Å². The van der Waals surface area contributed by atoms with Gasteiger partial charge in [-0.05, 0) is 25.1 Å². The van der Waals surface area contributed by atoms with E-state index >= 15 is 0 Å². The molecule has 2 rings (SSSR count). The van der Waals surface area contributed by atoms with Gasteiger partial charge in [-0.1, -0.05) is 11.6 Å². The molecule has 0 saturated carbocycles. The van der Waals surface area contributed by atoms with Crippen molar-refractivity contribution in [1.82, 2.24) is 9.55 Å². The lowest BCUT2D eigenvalue weighted by Gasteiger charge is -2.05. The first-order chi connectivity index (χ1) is 8.13. The van der Waals surface area contributed by atoms with Crippen LogP contribution in [-0.4, -0.2) is 15.3 Å². The van der Waals surface area contributed by atoms with E-state index in [-0.39, 0.29) is 16.4 Å². The number of rotatable bonds is 3. The Morgan fingerprint density at radius 3 is 2.94 bits per heavy atom. The summed E-state index contributed by atoms with van der Waals surface area (Å²) in [5.41, 5.74) is 0.258. The molecule has 1 heterocycles. The van der Waals surface area contributed by atoms with E-state index in [0.717, 1.165) is 6.07 Å². The molecule has 0 aliphatic heterocycles. The number of carbonyl (C=O) groups excluding carboxylic acids is 1. The molecule has 3 nitrogen and oxygen atoms in total. The minimum absolute atomic E-state index is 0.0978. The molecule has 88 valence electrons. The van der Waals surface area contributed by atoms with Crippen LogP contribution in [0.4, 0.5) is 4.39 Å². The van der Waals surface area contributed by atoms with E-state index in [1.165, 1.54) is 12.1 Å². The van der Waals surface area contributed by atoms with Crippen LogP contribution in [0.1, 0.15) is 23.1 Å². The van der Waals surface area contributed by atoms with Gasteiger partial charge in [0.2, 0.25) is 5.78 Å². The van der Waals surface area contributed by atoms with Gasteiger partial charge in [-0.2, -0.15) is 0 Å². The highest BCUT2D eigenvalue weighted by atomic mass is 35.5. The summed E-state index contributed by atoms with van der Waals surface area (Å²) in [4.78, 5) is 16.1. The Labute approximate surface area is 103 Å². The maximum Gasteiger partial charge on any atom is 0.229 e. The maximum absolute atomic E-state index is 12.9. The van der Waals surface area contributed by atoms with Gasteiger partial charge in [-0.25, -0.2) is 9.37 Å². The Morgan fingerprint density at radius 1 is 1.53 bits per heavy atom. The Morgan fingerprint density at radius 2 is 2.29 bits per heavy atom. The Bertz CT molecular complexity index is 565. The summed E-state index contributed by atoms with van der Waals surface area (Å²) >= 11 is 5.84. The summed E-state index contributed by atoms with van der Waals surface area (Å²) in [6, 6.07) is 3.70. The summed E-state index contributed by atoms with van der Waals surface area (Å²) in [6.45, 7) is 2.55. The van der Waals surface area contributed by atoms with Gasteiger partial charge in [0.15, 0.2) is 5.82 Å². The zero-order valence-electron chi connectivity index (χ0n) is 9.15. The van der Waals surface area contributed by atoms with E-state index in [2.05, 4.69) is 4.98 Å². The van der Waals surface area contributed by atoms with Crippen molar-refractivity contribution in [1.29, 1.82) is 0 Å². The summed E-state index contributed by atoms with van der Waals surface area (Å²) in [7, 11) is 0. The zero-order chi connectivity index (χ0) is 12.4. The molecule has 0 aliphatic rings. The Hall–Kier alpha value is -1.68. The number of carbonyl (C=O) groups is 1. The molecule has 0 amide bonds. The van der Waals surface area contributed by atoms with Gasteiger partial charge < -0.3 is 4.57 Å². The number of ketones is 1. The highest BCUT2D eigenvalue weighted by Crippen LogP contribution is 2.20. The van der Waals surface area contributed by atoms with Gasteiger partial charge in [0.05, 0.1) is 5.02 Å². The first kappa shape index (κ1) is 11.8. The third-order valence-electron chi connectivity index (χ3n) is 2.44. The number of aryl methyl sites for hydroxylation is 1. The molecular weight excluding hydrogens is 243 g/mol. The third kappa shape index (κ3) is 2.22. The normalized spacial score (nSPS) is 10.5. The number of halogens is 2. The first-order valence-corrected chi connectivity index (χ1v) is 5.52. The number of benzene rings is 1. The van der Waals surface area contributed by atoms with E-state index in [9.17, 15) is 9.18 Å². The molecule has 0 saturated heterocycles. The van der Waals surface area contributed by atoms with Crippen molar-refractivity contribution in [2.75, 3.05) is 0 Å². The van der Waals surface area contributed by atoms with Gasteiger partial charge in [-0.15, -0.1) is 0 Å². The largest absolute Gasteiger partial charge is 0.328 e. The molecular formula is C12H10ClFN2O. The van der Waals surface area contributed by atoms with Gasteiger partial charge in [0, 0.05) is 24.5 Å². The lowest BCUT2D eigenvalue weighted by Crippen LogP contribution is -2.11. The van der Waals surface area contributed by atoms with Crippen molar-refractivity contribution in [2.24, 2.45) is 0 Å². The van der Waals surface area contributed by atoms with E-state index in [1.54, 1.807) is 17.0 Å². The van der Waals surface area contributed by atoms with Crippen molar-refractivity contribution in [3.63, 3.8) is 0 Å². The number of nitrogens with zero attached hydrogens (tertiary/aromatic N) is 2. The molecule has 0 bridgehead atoms. The number of imidazole rings is 1. The second kappa shape index (κ2) is 4.67. The summed E-state index contributed by atoms with van der Waals surface area (Å²) in [5, 5.41) is 0.0978. The van der Waals surface area contributed by atoms with Crippen molar-refractivity contribution in [3.8, 4) is 0 Å². The fourth-order valence-electron chi connectivity index (χ4n) is 1.57. The molecule has 0 unspecified atom stereocenters. The second-order valence-electron chi connectivity index (χ2n) is 3.49. The van der Waals surface area contributed by atoms with Crippen LogP contribution in [0.25, 0.3) is 0 Å². The van der Waals surface area contributed by atoms with Crippen LogP contribution >= 0.6 is 11.6 Å². The summed E-state index contributed by atoms with van der Waals surface area (Å²) in [5.74, 6) is -0.465. The molecule has 1 aromatic carbocycles. The highest BCUT2D eigenvalue weighted by Gasteiger charge is 2.17. The molecule has 0 fully saturated rings. The van der Waals surface area contributed by atoms with Crippen LogP contribution in [0.15, 0.2) is 30.6 Å². The van der Waals surface area contributed by atoms with Gasteiger partial charge in [0.25, 0.3) is 0 Å². The first-order valence-electron chi connectivity index (χ1n) is 5.14. The smallest absolute Gasteiger partial charge is 0.229 e. The number of aromatic nitrogens is 2. The SMILES string of the molecule is CCn1ccnc1C(=O)c1ccc(F)cc1Cl. The zero-order valence-corrected chi connectivity index (χ0v) is 9.91. The molecule has 0 spiro atoms. The van der Waals surface area contributed by atoms with Gasteiger partial charge in [0.1, 0.15) is 5.82 Å². The van der Waals surface area contributed by atoms with Gasteiger partial charge >= 0.3 is 0 Å². The lowest BCUT2D eigenvalue weighted by atomic mass is 10.1. The van der Waals surface area contributed by atoms with Crippen LogP contribution in [-0.2, 0) is 6.54 Å². The second-order valence-corrected chi connectivity index (χ2v) is 3.90. The fourth-order valence-corrected chi connectivity index (χ4v) is 1.82. The van der Waals surface area contributed by atoms with Crippen LogP contribution < -0.4 is 0 Å². The van der Waals surface area contributed by atoms with Crippen LogP contribution in [0.3, 0.4) is 0 Å². The fraction of sp³-hybridized carbons (Fsp3) is 0.167. The quantitative estimate of drug-likeness (QED) is 0.788. The molecule has 0 radical (unpaired) electrons. The van der Waals surface area contributed by atoms with Gasteiger partial charge in [-0.3, -0.25) is 4.79 Å². The average molecular weight is 253 g/mol. The van der Waals surface area contributed by atoms with E-state index in [1.807, 2.05) is 6.92 Å². The van der Waals surface area contributed by atoms with E-state index < -0.39 is 5.82 Å². The Kier molecular flexibility index (Phi) is 3.24. The monoisotopic (exact) mass is 252 g/mol. The summed E-state index contributed by atoms with van der Waals surface area (Å²) in [6.07, 6.45) is 3.26. The minimum atomic E-state index is -0.467. The molecule has 2 aromatic rings. The van der Waals surface area contributed by atoms with Crippen molar-refractivity contribution in [3.05, 3.63) is 52.8 Å². The van der Waals surface area contributed by atoms with E-state index in [4.69, 9.17) is 11.6 Å². The topological polar surface area (TPSA) is 34.9 Å². The number of hydrogen-bond acceptors (Lipinski definition) is 2. The van der Waals surface area contributed by atoms with Crippen LogP contribution in [0.2, 0.25) is 5.02 Å². The Balaban J connectivity index is 2.44. The third-order valence-corrected chi connectivity index (χ3v) is 2.75. The molecule has 1 aromatic heterocycles. The molecule has 5 heteroatoms.